The average Bonchev–Trinajstić information content (AvgIpc) is 2.63. The molecule has 3 N–H and O–H groups in total. The lowest BCUT2D eigenvalue weighted by molar-refractivity contribution is 0.0778. The summed E-state index contributed by atoms with van der Waals surface area (Å²) in [5.74, 6) is -0.0448. The molecule has 6 nitrogen and oxygen atoms in total. The summed E-state index contributed by atoms with van der Waals surface area (Å²) < 4.78 is 10.6. The van der Waals surface area contributed by atoms with Gasteiger partial charge in [0.1, 0.15) is 5.75 Å². The minimum absolute atomic E-state index is 0.0803. The van der Waals surface area contributed by atoms with Crippen LogP contribution in [0.15, 0.2) is 48.5 Å². The van der Waals surface area contributed by atoms with Crippen molar-refractivity contribution >= 4 is 12.0 Å². The molecule has 0 atom stereocenters. The van der Waals surface area contributed by atoms with Crippen molar-refractivity contribution in [2.24, 2.45) is 5.73 Å². The van der Waals surface area contributed by atoms with Gasteiger partial charge < -0.3 is 20.5 Å². The van der Waals surface area contributed by atoms with Gasteiger partial charge in [0.15, 0.2) is 0 Å². The Morgan fingerprint density at radius 2 is 1.72 bits per heavy atom. The predicted molar refractivity (Wildman–Crippen MR) is 93.4 cm³/mol. The molecular formula is C19H20N2O4. The molecule has 1 aliphatic heterocycles. The van der Waals surface area contributed by atoms with E-state index in [-0.39, 0.29) is 6.04 Å². The second-order valence-electron chi connectivity index (χ2n) is 5.89. The van der Waals surface area contributed by atoms with Crippen LogP contribution in [0.2, 0.25) is 0 Å². The number of carbonyl (C=O) groups is 2. The van der Waals surface area contributed by atoms with Crippen LogP contribution >= 0.6 is 0 Å². The van der Waals surface area contributed by atoms with E-state index in [9.17, 15) is 9.59 Å². The van der Waals surface area contributed by atoms with Gasteiger partial charge in [-0.2, -0.15) is 0 Å². The fraction of sp³-hybridized carbons (Fsp3) is 0.263. The Hall–Kier alpha value is -2.86. The molecule has 1 fully saturated rings. The molecule has 1 saturated heterocycles. The summed E-state index contributed by atoms with van der Waals surface area (Å²) in [6.45, 7) is 1.30. The summed E-state index contributed by atoms with van der Waals surface area (Å²) in [7, 11) is 0. The van der Waals surface area contributed by atoms with Crippen molar-refractivity contribution in [1.29, 1.82) is 0 Å². The average molecular weight is 340 g/mol. The molecule has 0 aliphatic carbocycles. The number of rotatable bonds is 4. The van der Waals surface area contributed by atoms with Crippen LogP contribution < -0.4 is 15.8 Å². The van der Waals surface area contributed by atoms with Crippen molar-refractivity contribution in [2.75, 3.05) is 13.2 Å². The molecule has 2 aromatic rings. The van der Waals surface area contributed by atoms with E-state index in [0.29, 0.717) is 24.5 Å². The van der Waals surface area contributed by atoms with E-state index >= 15 is 0 Å². The summed E-state index contributed by atoms with van der Waals surface area (Å²) in [6, 6.07) is 14.2. The Balaban J connectivity index is 1.69. The van der Waals surface area contributed by atoms with Crippen LogP contribution in [0.1, 0.15) is 23.2 Å². The van der Waals surface area contributed by atoms with Crippen LogP contribution in [0, 0.1) is 0 Å². The lowest BCUT2D eigenvalue weighted by Gasteiger charge is -2.22. The number of hydrogen-bond donors (Lipinski definition) is 2. The van der Waals surface area contributed by atoms with Gasteiger partial charge in [0.25, 0.3) is 0 Å². The number of nitrogens with one attached hydrogen (secondary N) is 1. The van der Waals surface area contributed by atoms with Crippen molar-refractivity contribution < 1.29 is 19.1 Å². The van der Waals surface area contributed by atoms with Gasteiger partial charge >= 0.3 is 6.09 Å². The zero-order valence-corrected chi connectivity index (χ0v) is 13.7. The highest BCUT2D eigenvalue weighted by atomic mass is 16.6. The first-order valence-electron chi connectivity index (χ1n) is 8.18. The Morgan fingerprint density at radius 1 is 1.04 bits per heavy atom. The minimum Gasteiger partial charge on any atom is -0.410 e. The maximum atomic E-state index is 12.0. The van der Waals surface area contributed by atoms with E-state index < -0.39 is 12.0 Å². The lowest BCUT2D eigenvalue weighted by Crippen LogP contribution is -2.40. The Kier molecular flexibility index (Phi) is 5.30. The predicted octanol–water partition coefficient (Wildman–Crippen LogP) is 2.72. The first kappa shape index (κ1) is 17.0. The molecule has 3 rings (SSSR count). The van der Waals surface area contributed by atoms with E-state index in [4.69, 9.17) is 15.2 Å². The van der Waals surface area contributed by atoms with Crippen molar-refractivity contribution in [2.45, 2.75) is 18.9 Å². The minimum atomic E-state index is -0.481. The first-order chi connectivity index (χ1) is 12.1. The first-order valence-corrected chi connectivity index (χ1v) is 8.18. The van der Waals surface area contributed by atoms with Crippen LogP contribution in [0.5, 0.6) is 5.75 Å². The zero-order chi connectivity index (χ0) is 17.6. The molecule has 1 heterocycles. The highest BCUT2D eigenvalue weighted by Gasteiger charge is 2.17. The molecule has 0 saturated carbocycles. The largest absolute Gasteiger partial charge is 0.412 e. The molecular weight excluding hydrogens is 320 g/mol. The second kappa shape index (κ2) is 7.81. The molecule has 0 aromatic heterocycles. The van der Waals surface area contributed by atoms with Gasteiger partial charge in [-0.3, -0.25) is 4.79 Å². The molecule has 25 heavy (non-hydrogen) atoms. The number of carbonyl (C=O) groups excluding carboxylic acids is 2. The summed E-state index contributed by atoms with van der Waals surface area (Å²) in [4.78, 5) is 23.4. The molecule has 2 amide bonds. The fourth-order valence-corrected chi connectivity index (χ4v) is 2.74. The van der Waals surface area contributed by atoms with Crippen molar-refractivity contribution in [3.63, 3.8) is 0 Å². The third-order valence-electron chi connectivity index (χ3n) is 4.07. The molecule has 6 heteroatoms. The molecule has 0 bridgehead atoms. The zero-order valence-electron chi connectivity index (χ0n) is 13.7. The quantitative estimate of drug-likeness (QED) is 0.895. The third kappa shape index (κ3) is 4.58. The monoisotopic (exact) mass is 340 g/mol. The summed E-state index contributed by atoms with van der Waals surface area (Å²) in [5.41, 5.74) is 7.41. The Morgan fingerprint density at radius 3 is 2.44 bits per heavy atom. The maximum absolute atomic E-state index is 12.0. The van der Waals surface area contributed by atoms with Gasteiger partial charge in [0.05, 0.1) is 0 Å². The van der Waals surface area contributed by atoms with E-state index in [0.717, 1.165) is 24.0 Å². The summed E-state index contributed by atoms with van der Waals surface area (Å²) >= 11 is 0. The maximum Gasteiger partial charge on any atom is 0.412 e. The van der Waals surface area contributed by atoms with E-state index in [1.807, 2.05) is 12.1 Å². The molecule has 1 aliphatic rings. The molecule has 2 aromatic carbocycles. The van der Waals surface area contributed by atoms with Crippen molar-refractivity contribution in [3.05, 3.63) is 54.1 Å². The Bertz CT molecular complexity index is 770. The summed E-state index contributed by atoms with van der Waals surface area (Å²) in [6.07, 6.45) is 1.10. The van der Waals surface area contributed by atoms with Gasteiger partial charge in [-0.15, -0.1) is 0 Å². The number of ether oxygens (including phenoxy) is 2. The molecule has 0 spiro atoms. The van der Waals surface area contributed by atoms with Gasteiger partial charge in [0, 0.05) is 24.8 Å². The van der Waals surface area contributed by atoms with Crippen molar-refractivity contribution in [1.82, 2.24) is 5.32 Å². The van der Waals surface area contributed by atoms with Crippen LogP contribution in [0.4, 0.5) is 4.79 Å². The molecule has 130 valence electrons. The lowest BCUT2D eigenvalue weighted by atomic mass is 10.0. The van der Waals surface area contributed by atoms with E-state index in [1.54, 1.807) is 36.4 Å². The number of nitrogens with two attached hydrogens (primary N) is 1. The van der Waals surface area contributed by atoms with E-state index in [2.05, 4.69) is 5.32 Å². The van der Waals surface area contributed by atoms with Crippen molar-refractivity contribution in [3.8, 4) is 16.9 Å². The topological polar surface area (TPSA) is 90.7 Å². The van der Waals surface area contributed by atoms with E-state index in [1.165, 1.54) is 0 Å². The number of hydrogen-bond acceptors (Lipinski definition) is 4. The normalized spacial score (nSPS) is 14.7. The van der Waals surface area contributed by atoms with Crippen LogP contribution in [-0.2, 0) is 4.74 Å². The number of primary amides is 1. The fourth-order valence-electron chi connectivity index (χ4n) is 2.74. The van der Waals surface area contributed by atoms with Crippen LogP contribution in [0.3, 0.4) is 0 Å². The van der Waals surface area contributed by atoms with Gasteiger partial charge in [0.2, 0.25) is 5.91 Å². The molecule has 0 radical (unpaired) electrons. The smallest absolute Gasteiger partial charge is 0.410 e. The highest BCUT2D eigenvalue weighted by Crippen LogP contribution is 2.25. The SMILES string of the molecule is NC(=O)c1cccc(-c2cccc(OC(=O)NC3CCOCC3)c2)c1. The second-order valence-corrected chi connectivity index (χ2v) is 5.89. The van der Waals surface area contributed by atoms with Crippen LogP contribution in [0.25, 0.3) is 11.1 Å². The number of amides is 2. The third-order valence-corrected chi connectivity index (χ3v) is 4.07. The molecule has 0 unspecified atom stereocenters. The van der Waals surface area contributed by atoms with Crippen LogP contribution in [-0.4, -0.2) is 31.3 Å². The standard InChI is InChI=1S/C19H20N2O4/c20-18(22)15-5-1-3-13(11-15)14-4-2-6-17(12-14)25-19(23)21-16-7-9-24-10-8-16/h1-6,11-12,16H,7-10H2,(H2,20,22)(H,21,23). The number of benzene rings is 2. The Labute approximate surface area is 145 Å². The van der Waals surface area contributed by atoms with Gasteiger partial charge in [-0.25, -0.2) is 4.79 Å². The summed E-state index contributed by atoms with van der Waals surface area (Å²) in [5, 5.41) is 2.85. The highest BCUT2D eigenvalue weighted by molar-refractivity contribution is 5.94. The van der Waals surface area contributed by atoms with Gasteiger partial charge in [-0.1, -0.05) is 24.3 Å². The van der Waals surface area contributed by atoms with Gasteiger partial charge in [-0.05, 0) is 48.2 Å².